The number of benzene rings is 2. The molecule has 0 saturated carbocycles. The number of anilines is 1. The zero-order chi connectivity index (χ0) is 21.4. The molecule has 0 radical (unpaired) electrons. The number of nitrogens with zero attached hydrogens (tertiary/aromatic N) is 3. The van der Waals surface area contributed by atoms with Crippen molar-refractivity contribution in [1.29, 1.82) is 0 Å². The Kier molecular flexibility index (Phi) is 4.94. The SMILES string of the molecule is COc1ccc2oc(C(=O)Nc3cccc(-c4nnc5n4CCCCC5)c3)c(C)c2c1. The van der Waals surface area contributed by atoms with Gasteiger partial charge >= 0.3 is 0 Å². The van der Waals surface area contributed by atoms with Crippen molar-refractivity contribution in [2.24, 2.45) is 0 Å². The van der Waals surface area contributed by atoms with Crippen molar-refractivity contribution in [1.82, 2.24) is 14.8 Å². The predicted octanol–water partition coefficient (Wildman–Crippen LogP) is 4.99. The number of aromatic nitrogens is 3. The van der Waals surface area contributed by atoms with Crippen molar-refractivity contribution < 1.29 is 13.9 Å². The number of hydrogen-bond acceptors (Lipinski definition) is 5. The standard InChI is InChI=1S/C24H24N4O3/c1-15-19-14-18(30-2)10-11-20(19)31-22(15)24(29)25-17-8-6-7-16(13-17)23-27-26-21-9-4-3-5-12-28(21)23/h6-8,10-11,13-14H,3-5,9,12H2,1-2H3,(H,25,29). The molecule has 31 heavy (non-hydrogen) atoms. The van der Waals surface area contributed by atoms with E-state index in [4.69, 9.17) is 9.15 Å². The second kappa shape index (κ2) is 7.91. The number of fused-ring (bicyclic) bond motifs is 2. The van der Waals surface area contributed by atoms with E-state index in [0.717, 1.165) is 59.7 Å². The molecule has 1 amide bonds. The van der Waals surface area contributed by atoms with Gasteiger partial charge in [-0.15, -0.1) is 10.2 Å². The molecular formula is C24H24N4O3. The molecule has 0 aliphatic carbocycles. The van der Waals surface area contributed by atoms with Crippen LogP contribution >= 0.6 is 0 Å². The quantitative estimate of drug-likeness (QED) is 0.507. The molecule has 158 valence electrons. The molecule has 0 fully saturated rings. The third-order valence-corrected chi connectivity index (χ3v) is 5.84. The summed E-state index contributed by atoms with van der Waals surface area (Å²) >= 11 is 0. The molecule has 1 N–H and O–H groups in total. The van der Waals surface area contributed by atoms with Crippen LogP contribution in [0.25, 0.3) is 22.4 Å². The molecule has 3 heterocycles. The first-order valence-corrected chi connectivity index (χ1v) is 10.5. The van der Waals surface area contributed by atoms with E-state index in [9.17, 15) is 4.79 Å². The molecule has 4 aromatic rings. The average molecular weight is 416 g/mol. The summed E-state index contributed by atoms with van der Waals surface area (Å²) in [5, 5.41) is 12.6. The summed E-state index contributed by atoms with van der Waals surface area (Å²) in [6.45, 7) is 2.80. The van der Waals surface area contributed by atoms with Gasteiger partial charge in [0.15, 0.2) is 11.6 Å². The monoisotopic (exact) mass is 416 g/mol. The zero-order valence-electron chi connectivity index (χ0n) is 17.6. The Morgan fingerprint density at radius 3 is 2.90 bits per heavy atom. The largest absolute Gasteiger partial charge is 0.497 e. The van der Waals surface area contributed by atoms with Crippen molar-refractivity contribution >= 4 is 22.6 Å². The number of furan rings is 1. The van der Waals surface area contributed by atoms with Crippen molar-refractivity contribution in [3.05, 3.63) is 59.6 Å². The van der Waals surface area contributed by atoms with Gasteiger partial charge in [-0.1, -0.05) is 18.6 Å². The summed E-state index contributed by atoms with van der Waals surface area (Å²) < 4.78 is 13.3. The molecule has 0 atom stereocenters. The van der Waals surface area contributed by atoms with Crippen LogP contribution in [0.3, 0.4) is 0 Å². The maximum absolute atomic E-state index is 13.0. The summed E-state index contributed by atoms with van der Waals surface area (Å²) in [6.07, 6.45) is 4.45. The number of amides is 1. The van der Waals surface area contributed by atoms with E-state index in [-0.39, 0.29) is 5.91 Å². The van der Waals surface area contributed by atoms with Crippen LogP contribution in [0.15, 0.2) is 46.9 Å². The highest BCUT2D eigenvalue weighted by Gasteiger charge is 2.20. The summed E-state index contributed by atoms with van der Waals surface area (Å²) in [5.41, 5.74) is 3.06. The fourth-order valence-corrected chi connectivity index (χ4v) is 4.17. The van der Waals surface area contributed by atoms with Crippen molar-refractivity contribution in [2.75, 3.05) is 12.4 Å². The maximum atomic E-state index is 13.0. The van der Waals surface area contributed by atoms with Crippen molar-refractivity contribution in [3.8, 4) is 17.1 Å². The van der Waals surface area contributed by atoms with Crippen LogP contribution in [0.4, 0.5) is 5.69 Å². The topological polar surface area (TPSA) is 82.2 Å². The smallest absolute Gasteiger partial charge is 0.291 e. The van der Waals surface area contributed by atoms with Crippen molar-refractivity contribution in [3.63, 3.8) is 0 Å². The maximum Gasteiger partial charge on any atom is 0.291 e. The molecule has 0 spiro atoms. The molecule has 7 nitrogen and oxygen atoms in total. The molecule has 0 saturated heterocycles. The minimum Gasteiger partial charge on any atom is -0.497 e. The first kappa shape index (κ1) is 19.4. The van der Waals surface area contributed by atoms with Crippen LogP contribution in [-0.4, -0.2) is 27.8 Å². The van der Waals surface area contributed by atoms with Gasteiger partial charge in [-0.25, -0.2) is 0 Å². The van der Waals surface area contributed by atoms with E-state index in [1.165, 1.54) is 6.42 Å². The number of hydrogen-bond donors (Lipinski definition) is 1. The number of carbonyl (C=O) groups excluding carboxylic acids is 1. The van der Waals surface area contributed by atoms with Gasteiger partial charge in [-0.3, -0.25) is 4.79 Å². The van der Waals surface area contributed by atoms with E-state index in [1.807, 2.05) is 49.4 Å². The fraction of sp³-hybridized carbons (Fsp3) is 0.292. The number of nitrogens with one attached hydrogen (secondary N) is 1. The molecule has 7 heteroatoms. The second-order valence-electron chi connectivity index (χ2n) is 7.86. The zero-order valence-corrected chi connectivity index (χ0v) is 17.6. The van der Waals surface area contributed by atoms with Crippen LogP contribution in [0.1, 0.15) is 41.2 Å². The first-order valence-electron chi connectivity index (χ1n) is 10.5. The lowest BCUT2D eigenvalue weighted by Crippen LogP contribution is -2.12. The van der Waals surface area contributed by atoms with Gasteiger partial charge in [-0.05, 0) is 50.1 Å². The number of aryl methyl sites for hydroxylation is 2. The molecule has 1 aliphatic rings. The second-order valence-corrected chi connectivity index (χ2v) is 7.86. The van der Waals surface area contributed by atoms with Crippen LogP contribution in [-0.2, 0) is 13.0 Å². The Bertz CT molecular complexity index is 1270. The Morgan fingerprint density at radius 1 is 1.13 bits per heavy atom. The van der Waals surface area contributed by atoms with E-state index < -0.39 is 0 Å². The number of carbonyl (C=O) groups is 1. The third kappa shape index (κ3) is 3.56. The summed E-state index contributed by atoms with van der Waals surface area (Å²) in [4.78, 5) is 13.0. The molecule has 5 rings (SSSR count). The fourth-order valence-electron chi connectivity index (χ4n) is 4.17. The van der Waals surface area contributed by atoms with E-state index in [0.29, 0.717) is 17.0 Å². The van der Waals surface area contributed by atoms with Gasteiger partial charge in [0.25, 0.3) is 5.91 Å². The normalized spacial score (nSPS) is 13.6. The lowest BCUT2D eigenvalue weighted by atomic mass is 10.1. The number of rotatable bonds is 4. The van der Waals surface area contributed by atoms with E-state index in [1.54, 1.807) is 7.11 Å². The average Bonchev–Trinajstić information content (AvgIpc) is 3.25. The molecule has 0 bridgehead atoms. The highest BCUT2D eigenvalue weighted by molar-refractivity contribution is 6.06. The molecular weight excluding hydrogens is 392 g/mol. The number of methoxy groups -OCH3 is 1. The molecule has 2 aromatic carbocycles. The summed E-state index contributed by atoms with van der Waals surface area (Å²) in [7, 11) is 1.62. The van der Waals surface area contributed by atoms with Gasteiger partial charge in [-0.2, -0.15) is 0 Å². The number of ether oxygens (including phenoxy) is 1. The van der Waals surface area contributed by atoms with Gasteiger partial charge < -0.3 is 19.0 Å². The Balaban J connectivity index is 1.43. The summed E-state index contributed by atoms with van der Waals surface area (Å²) in [6, 6.07) is 13.2. The predicted molar refractivity (Wildman–Crippen MR) is 118 cm³/mol. The summed E-state index contributed by atoms with van der Waals surface area (Å²) in [5.74, 6) is 2.62. The minimum atomic E-state index is -0.287. The Hall–Kier alpha value is -3.61. The minimum absolute atomic E-state index is 0.287. The molecule has 1 aliphatic heterocycles. The van der Waals surface area contributed by atoms with Gasteiger partial charge in [0, 0.05) is 35.2 Å². The lowest BCUT2D eigenvalue weighted by Gasteiger charge is -2.09. The van der Waals surface area contributed by atoms with Crippen LogP contribution in [0.5, 0.6) is 5.75 Å². The first-order chi connectivity index (χ1) is 15.1. The van der Waals surface area contributed by atoms with Gasteiger partial charge in [0.1, 0.15) is 17.2 Å². The van der Waals surface area contributed by atoms with E-state index in [2.05, 4.69) is 20.1 Å². The van der Waals surface area contributed by atoms with Gasteiger partial charge in [0.2, 0.25) is 0 Å². The lowest BCUT2D eigenvalue weighted by molar-refractivity contribution is 0.0998. The Morgan fingerprint density at radius 2 is 2.03 bits per heavy atom. The molecule has 0 unspecified atom stereocenters. The van der Waals surface area contributed by atoms with E-state index >= 15 is 0 Å². The van der Waals surface area contributed by atoms with Crippen molar-refractivity contribution in [2.45, 2.75) is 39.2 Å². The Labute approximate surface area is 180 Å². The van der Waals surface area contributed by atoms with Gasteiger partial charge in [0.05, 0.1) is 7.11 Å². The highest BCUT2D eigenvalue weighted by atomic mass is 16.5. The van der Waals surface area contributed by atoms with Crippen LogP contribution < -0.4 is 10.1 Å². The highest BCUT2D eigenvalue weighted by Crippen LogP contribution is 2.30. The van der Waals surface area contributed by atoms with Crippen LogP contribution in [0, 0.1) is 6.92 Å². The molecule has 2 aromatic heterocycles. The third-order valence-electron chi connectivity index (χ3n) is 5.84. The van der Waals surface area contributed by atoms with Crippen LogP contribution in [0.2, 0.25) is 0 Å².